The Morgan fingerprint density at radius 3 is 2.73 bits per heavy atom. The number of halogens is 1. The molecule has 1 saturated carbocycles. The molecule has 0 aromatic heterocycles. The van der Waals surface area contributed by atoms with Crippen LogP contribution in [0.15, 0.2) is 18.2 Å². The molecule has 0 saturated heterocycles. The minimum Gasteiger partial charge on any atom is -0.328 e. The number of benzene rings is 1. The Morgan fingerprint density at radius 2 is 2.20 bits per heavy atom. The van der Waals surface area contributed by atoms with Crippen LogP contribution in [0.5, 0.6) is 0 Å². The molecular weight excluding hydrogens is 206 g/mol. The van der Waals surface area contributed by atoms with Gasteiger partial charge in [0.15, 0.2) is 0 Å². The van der Waals surface area contributed by atoms with Gasteiger partial charge in [-0.15, -0.1) is 0 Å². The smallest absolute Gasteiger partial charge is 0.115 e. The molecule has 0 radical (unpaired) electrons. The van der Waals surface area contributed by atoms with Gasteiger partial charge in [0.05, 0.1) is 11.6 Å². The highest BCUT2D eigenvalue weighted by atomic mass is 35.5. The molecule has 15 heavy (non-hydrogen) atoms. The van der Waals surface area contributed by atoms with Crippen molar-refractivity contribution in [3.63, 3.8) is 0 Å². The van der Waals surface area contributed by atoms with E-state index in [1.54, 1.807) is 12.1 Å². The van der Waals surface area contributed by atoms with Crippen molar-refractivity contribution in [1.29, 1.82) is 5.26 Å². The highest BCUT2D eigenvalue weighted by molar-refractivity contribution is 6.30. The van der Waals surface area contributed by atoms with E-state index >= 15 is 0 Å². The average molecular weight is 218 g/mol. The van der Waals surface area contributed by atoms with Gasteiger partial charge in [-0.2, -0.15) is 5.26 Å². The molecule has 1 aromatic carbocycles. The van der Waals surface area contributed by atoms with E-state index in [4.69, 9.17) is 22.6 Å². The molecule has 0 heterocycles. The van der Waals surface area contributed by atoms with E-state index in [9.17, 15) is 0 Å². The van der Waals surface area contributed by atoms with Crippen LogP contribution in [0.1, 0.15) is 24.0 Å². The van der Waals surface area contributed by atoms with Gasteiger partial charge in [-0.05, 0) is 41.9 Å². The average Bonchev–Trinajstić information content (AvgIpc) is 2.15. The molecule has 0 spiro atoms. The molecule has 2 rings (SSSR count). The van der Waals surface area contributed by atoms with E-state index in [2.05, 4.69) is 13.9 Å². The minimum absolute atomic E-state index is 0.0371. The fraction of sp³-hybridized carbons (Fsp3) is 0.364. The lowest BCUT2D eigenvalue weighted by Gasteiger charge is -2.44. The van der Waals surface area contributed by atoms with E-state index in [-0.39, 0.29) is 11.4 Å². The van der Waals surface area contributed by atoms with Gasteiger partial charge in [0.25, 0.3) is 0 Å². The van der Waals surface area contributed by atoms with E-state index in [0.717, 1.165) is 18.4 Å². The SMILES string of the molecule is BC1(c2cc(Cl)ccc2C#N)CC(N)C1. The Hall–Kier alpha value is -0.975. The van der Waals surface area contributed by atoms with Gasteiger partial charge in [0.2, 0.25) is 0 Å². The first-order chi connectivity index (χ1) is 7.05. The van der Waals surface area contributed by atoms with Crippen LogP contribution < -0.4 is 5.73 Å². The van der Waals surface area contributed by atoms with Gasteiger partial charge in [-0.3, -0.25) is 0 Å². The predicted octanol–water partition coefficient (Wildman–Crippen LogP) is 1.16. The van der Waals surface area contributed by atoms with Gasteiger partial charge in [0, 0.05) is 11.1 Å². The number of nitrogens with zero attached hydrogens (tertiary/aromatic N) is 1. The second-order valence-electron chi connectivity index (χ2n) is 4.53. The summed E-state index contributed by atoms with van der Waals surface area (Å²) in [7, 11) is 2.14. The normalized spacial score (nSPS) is 29.3. The first kappa shape index (κ1) is 10.5. The van der Waals surface area contributed by atoms with Gasteiger partial charge in [0.1, 0.15) is 7.85 Å². The van der Waals surface area contributed by atoms with Crippen LogP contribution in [-0.2, 0) is 5.31 Å². The van der Waals surface area contributed by atoms with Crippen LogP contribution in [0, 0.1) is 11.3 Å². The van der Waals surface area contributed by atoms with Crippen LogP contribution in [-0.4, -0.2) is 13.9 Å². The van der Waals surface area contributed by atoms with Gasteiger partial charge in [-0.25, -0.2) is 0 Å². The summed E-state index contributed by atoms with van der Waals surface area (Å²) < 4.78 is 0. The Labute approximate surface area is 95.4 Å². The molecule has 0 amide bonds. The molecule has 1 aliphatic rings. The summed E-state index contributed by atoms with van der Waals surface area (Å²) in [5.41, 5.74) is 7.56. The maximum Gasteiger partial charge on any atom is 0.115 e. The Balaban J connectivity index is 2.44. The standard InChI is InChI=1S/C11H12BClN2/c12-11(4-9(15)5-11)10-3-8(13)2-1-7(10)6-14/h1-3,9H,4-5,12,15H2. The highest BCUT2D eigenvalue weighted by Gasteiger charge is 2.40. The number of rotatable bonds is 1. The van der Waals surface area contributed by atoms with Gasteiger partial charge in [-0.1, -0.05) is 11.6 Å². The third kappa shape index (κ3) is 1.76. The Bertz CT molecular complexity index is 433. The lowest BCUT2D eigenvalue weighted by atomic mass is 9.49. The number of nitrogens with two attached hydrogens (primary N) is 1. The number of hydrogen-bond donors (Lipinski definition) is 1. The summed E-state index contributed by atoms with van der Waals surface area (Å²) in [6.07, 6.45) is 1.87. The third-order valence-corrected chi connectivity index (χ3v) is 3.41. The summed E-state index contributed by atoms with van der Waals surface area (Å²) in [5.74, 6) is 0. The first-order valence-electron chi connectivity index (χ1n) is 5.01. The lowest BCUT2D eigenvalue weighted by Crippen LogP contribution is -2.50. The molecule has 76 valence electrons. The van der Waals surface area contributed by atoms with Crippen LogP contribution in [0.2, 0.25) is 5.02 Å². The van der Waals surface area contributed by atoms with E-state index in [0.29, 0.717) is 10.6 Å². The van der Waals surface area contributed by atoms with Crippen LogP contribution in [0.25, 0.3) is 0 Å². The van der Waals surface area contributed by atoms with Crippen LogP contribution >= 0.6 is 11.6 Å². The second kappa shape index (κ2) is 3.55. The molecule has 0 atom stereocenters. The lowest BCUT2D eigenvalue weighted by molar-refractivity contribution is 0.303. The molecule has 2 N–H and O–H groups in total. The van der Waals surface area contributed by atoms with Crippen molar-refractivity contribution >= 4 is 19.4 Å². The topological polar surface area (TPSA) is 49.8 Å². The summed E-state index contributed by atoms with van der Waals surface area (Å²) in [6.45, 7) is 0. The van der Waals surface area contributed by atoms with Crippen molar-refractivity contribution in [3.8, 4) is 6.07 Å². The maximum atomic E-state index is 9.03. The highest BCUT2D eigenvalue weighted by Crippen LogP contribution is 2.42. The van der Waals surface area contributed by atoms with Crippen molar-refractivity contribution < 1.29 is 0 Å². The Morgan fingerprint density at radius 1 is 1.53 bits per heavy atom. The minimum atomic E-state index is 0.0371. The molecule has 0 bridgehead atoms. The van der Waals surface area contributed by atoms with Gasteiger partial charge >= 0.3 is 0 Å². The summed E-state index contributed by atoms with van der Waals surface area (Å²) >= 11 is 5.96. The van der Waals surface area contributed by atoms with Crippen molar-refractivity contribution in [2.75, 3.05) is 0 Å². The maximum absolute atomic E-state index is 9.03. The van der Waals surface area contributed by atoms with E-state index in [1.807, 2.05) is 6.07 Å². The van der Waals surface area contributed by atoms with E-state index < -0.39 is 0 Å². The molecule has 1 aliphatic carbocycles. The quantitative estimate of drug-likeness (QED) is 0.719. The van der Waals surface area contributed by atoms with Crippen molar-refractivity contribution in [2.24, 2.45) is 5.73 Å². The first-order valence-corrected chi connectivity index (χ1v) is 5.39. The van der Waals surface area contributed by atoms with Crippen LogP contribution in [0.4, 0.5) is 0 Å². The molecule has 0 unspecified atom stereocenters. The largest absolute Gasteiger partial charge is 0.328 e. The zero-order chi connectivity index (χ0) is 11.1. The molecule has 4 heteroatoms. The van der Waals surface area contributed by atoms with Crippen molar-refractivity contribution in [3.05, 3.63) is 34.3 Å². The summed E-state index contributed by atoms with van der Waals surface area (Å²) in [4.78, 5) is 0. The molecular formula is C11H12BClN2. The zero-order valence-corrected chi connectivity index (χ0v) is 9.38. The monoisotopic (exact) mass is 218 g/mol. The van der Waals surface area contributed by atoms with Crippen LogP contribution in [0.3, 0.4) is 0 Å². The van der Waals surface area contributed by atoms with E-state index in [1.165, 1.54) is 0 Å². The van der Waals surface area contributed by atoms with Crippen molar-refractivity contribution in [1.82, 2.24) is 0 Å². The molecule has 2 nitrogen and oxygen atoms in total. The Kier molecular flexibility index (Phi) is 2.50. The summed E-state index contributed by atoms with van der Waals surface area (Å²) in [5, 5.41) is 9.76. The third-order valence-electron chi connectivity index (χ3n) is 3.18. The summed E-state index contributed by atoms with van der Waals surface area (Å²) in [6, 6.07) is 7.91. The fourth-order valence-electron chi connectivity index (χ4n) is 2.43. The fourth-order valence-corrected chi connectivity index (χ4v) is 2.60. The predicted molar refractivity (Wildman–Crippen MR) is 63.6 cm³/mol. The van der Waals surface area contributed by atoms with Crippen molar-refractivity contribution in [2.45, 2.75) is 24.2 Å². The molecule has 1 aromatic rings. The second-order valence-corrected chi connectivity index (χ2v) is 4.97. The van der Waals surface area contributed by atoms with Gasteiger partial charge < -0.3 is 5.73 Å². The number of hydrogen-bond acceptors (Lipinski definition) is 2. The molecule has 1 fully saturated rings. The molecule has 0 aliphatic heterocycles. The zero-order valence-electron chi connectivity index (χ0n) is 8.63. The number of nitriles is 1.